The fraction of sp³-hybridized carbons (Fsp3) is 1.00. The SMILES string of the molecule is CCCCCCCC(C)N1CCC(NCC2CC2)CC1. The van der Waals surface area contributed by atoms with Crippen LogP contribution in [0.15, 0.2) is 0 Å². The van der Waals surface area contributed by atoms with E-state index >= 15 is 0 Å². The summed E-state index contributed by atoms with van der Waals surface area (Å²) in [7, 11) is 0. The fourth-order valence-electron chi connectivity index (χ4n) is 3.43. The summed E-state index contributed by atoms with van der Waals surface area (Å²) in [5.74, 6) is 1.02. The second-order valence-corrected chi connectivity index (χ2v) is 7.21. The average molecular weight is 280 g/mol. The van der Waals surface area contributed by atoms with Crippen molar-refractivity contribution in [1.29, 1.82) is 0 Å². The lowest BCUT2D eigenvalue weighted by Crippen LogP contribution is -2.46. The van der Waals surface area contributed by atoms with Crippen molar-refractivity contribution in [2.24, 2.45) is 5.92 Å². The molecule has 1 saturated heterocycles. The summed E-state index contributed by atoms with van der Waals surface area (Å²) in [6, 6.07) is 1.62. The highest BCUT2D eigenvalue weighted by Crippen LogP contribution is 2.28. The largest absolute Gasteiger partial charge is 0.314 e. The number of nitrogens with one attached hydrogen (secondary N) is 1. The van der Waals surface area contributed by atoms with Crippen LogP contribution in [0.4, 0.5) is 0 Å². The summed E-state index contributed by atoms with van der Waals surface area (Å²) in [6.07, 6.45) is 14.2. The first-order chi connectivity index (χ1) is 9.79. The van der Waals surface area contributed by atoms with Gasteiger partial charge < -0.3 is 10.2 Å². The first-order valence-electron chi connectivity index (χ1n) is 9.27. The third-order valence-corrected chi connectivity index (χ3v) is 5.27. The summed E-state index contributed by atoms with van der Waals surface area (Å²) in [6.45, 7) is 8.66. The lowest BCUT2D eigenvalue weighted by atomic mass is 10.0. The zero-order chi connectivity index (χ0) is 14.2. The minimum absolute atomic E-state index is 0.806. The van der Waals surface area contributed by atoms with Crippen molar-refractivity contribution in [2.45, 2.75) is 90.1 Å². The molecule has 0 bridgehead atoms. The molecule has 1 saturated carbocycles. The van der Waals surface area contributed by atoms with E-state index in [1.165, 1.54) is 83.8 Å². The molecular weight excluding hydrogens is 244 g/mol. The van der Waals surface area contributed by atoms with Crippen molar-refractivity contribution in [1.82, 2.24) is 10.2 Å². The first kappa shape index (κ1) is 16.3. The Morgan fingerprint density at radius 1 is 1.00 bits per heavy atom. The maximum absolute atomic E-state index is 3.78. The Balaban J connectivity index is 1.50. The van der Waals surface area contributed by atoms with E-state index in [2.05, 4.69) is 24.1 Å². The minimum atomic E-state index is 0.806. The molecule has 2 fully saturated rings. The maximum Gasteiger partial charge on any atom is 0.00915 e. The van der Waals surface area contributed by atoms with E-state index in [0.29, 0.717) is 0 Å². The van der Waals surface area contributed by atoms with Gasteiger partial charge in [0.25, 0.3) is 0 Å². The van der Waals surface area contributed by atoms with Gasteiger partial charge in [-0.15, -0.1) is 0 Å². The van der Waals surface area contributed by atoms with Crippen LogP contribution in [-0.4, -0.2) is 36.6 Å². The summed E-state index contributed by atoms with van der Waals surface area (Å²) < 4.78 is 0. The highest BCUT2D eigenvalue weighted by molar-refractivity contribution is 4.83. The van der Waals surface area contributed by atoms with Gasteiger partial charge in [-0.25, -0.2) is 0 Å². The number of rotatable bonds is 10. The highest BCUT2D eigenvalue weighted by atomic mass is 15.2. The number of nitrogens with zero attached hydrogens (tertiary/aromatic N) is 1. The van der Waals surface area contributed by atoms with E-state index in [1.54, 1.807) is 0 Å². The van der Waals surface area contributed by atoms with Crippen LogP contribution in [0.1, 0.15) is 78.1 Å². The zero-order valence-electron chi connectivity index (χ0n) is 13.9. The normalized spacial score (nSPS) is 23.1. The van der Waals surface area contributed by atoms with Gasteiger partial charge in [-0.1, -0.05) is 39.0 Å². The topological polar surface area (TPSA) is 15.3 Å². The molecule has 0 aromatic carbocycles. The molecule has 118 valence electrons. The molecule has 2 aliphatic rings. The molecule has 1 atom stereocenters. The number of likely N-dealkylation sites (tertiary alicyclic amines) is 1. The predicted molar refractivity (Wildman–Crippen MR) is 88.2 cm³/mol. The van der Waals surface area contributed by atoms with Crippen LogP contribution in [-0.2, 0) is 0 Å². The summed E-state index contributed by atoms with van der Waals surface area (Å²) in [5, 5.41) is 3.78. The minimum Gasteiger partial charge on any atom is -0.314 e. The Morgan fingerprint density at radius 2 is 1.70 bits per heavy atom. The molecule has 2 heteroatoms. The second-order valence-electron chi connectivity index (χ2n) is 7.21. The second kappa shape index (κ2) is 9.04. The van der Waals surface area contributed by atoms with Gasteiger partial charge in [-0.05, 0) is 64.6 Å². The van der Waals surface area contributed by atoms with Crippen LogP contribution < -0.4 is 5.32 Å². The van der Waals surface area contributed by atoms with Crippen LogP contribution >= 0.6 is 0 Å². The van der Waals surface area contributed by atoms with Gasteiger partial charge in [-0.3, -0.25) is 0 Å². The number of unbranched alkanes of at least 4 members (excludes halogenated alkanes) is 4. The fourth-order valence-corrected chi connectivity index (χ4v) is 3.43. The molecule has 1 unspecified atom stereocenters. The molecule has 1 N–H and O–H groups in total. The van der Waals surface area contributed by atoms with E-state index in [1.807, 2.05) is 0 Å². The molecule has 0 aromatic rings. The van der Waals surface area contributed by atoms with Gasteiger partial charge in [-0.2, -0.15) is 0 Å². The maximum atomic E-state index is 3.78. The van der Waals surface area contributed by atoms with Crippen molar-refractivity contribution >= 4 is 0 Å². The quantitative estimate of drug-likeness (QED) is 0.603. The zero-order valence-corrected chi connectivity index (χ0v) is 13.9. The van der Waals surface area contributed by atoms with Crippen molar-refractivity contribution < 1.29 is 0 Å². The van der Waals surface area contributed by atoms with E-state index in [0.717, 1.165) is 18.0 Å². The molecule has 20 heavy (non-hydrogen) atoms. The van der Waals surface area contributed by atoms with Crippen molar-refractivity contribution in [3.63, 3.8) is 0 Å². The van der Waals surface area contributed by atoms with Crippen molar-refractivity contribution in [3.05, 3.63) is 0 Å². The van der Waals surface area contributed by atoms with Crippen LogP contribution in [0.5, 0.6) is 0 Å². The van der Waals surface area contributed by atoms with E-state index < -0.39 is 0 Å². The van der Waals surface area contributed by atoms with Crippen LogP contribution in [0.3, 0.4) is 0 Å². The van der Waals surface area contributed by atoms with Gasteiger partial charge in [0.2, 0.25) is 0 Å². The Labute approximate surface area is 126 Å². The Bertz CT molecular complexity index is 242. The monoisotopic (exact) mass is 280 g/mol. The third kappa shape index (κ3) is 6.13. The molecular formula is C18H36N2. The Kier molecular flexibility index (Phi) is 7.37. The molecule has 1 aliphatic heterocycles. The number of hydrogen-bond acceptors (Lipinski definition) is 2. The number of piperidine rings is 1. The summed E-state index contributed by atoms with van der Waals surface area (Å²) in [4.78, 5) is 2.73. The lowest BCUT2D eigenvalue weighted by Gasteiger charge is -2.36. The van der Waals surface area contributed by atoms with Gasteiger partial charge >= 0.3 is 0 Å². The van der Waals surface area contributed by atoms with Gasteiger partial charge in [0.05, 0.1) is 0 Å². The van der Waals surface area contributed by atoms with E-state index in [4.69, 9.17) is 0 Å². The van der Waals surface area contributed by atoms with E-state index in [9.17, 15) is 0 Å². The molecule has 0 spiro atoms. The molecule has 2 rings (SSSR count). The summed E-state index contributed by atoms with van der Waals surface area (Å²) >= 11 is 0. The highest BCUT2D eigenvalue weighted by Gasteiger charge is 2.25. The third-order valence-electron chi connectivity index (χ3n) is 5.27. The Morgan fingerprint density at radius 3 is 2.35 bits per heavy atom. The smallest absolute Gasteiger partial charge is 0.00915 e. The molecule has 0 amide bonds. The standard InChI is InChI=1S/C18H36N2/c1-3-4-5-6-7-8-16(2)20-13-11-18(12-14-20)19-15-17-9-10-17/h16-19H,3-15H2,1-2H3. The van der Waals surface area contributed by atoms with Crippen LogP contribution in [0.25, 0.3) is 0 Å². The van der Waals surface area contributed by atoms with Crippen LogP contribution in [0, 0.1) is 5.92 Å². The van der Waals surface area contributed by atoms with Gasteiger partial charge in [0.15, 0.2) is 0 Å². The van der Waals surface area contributed by atoms with Gasteiger partial charge in [0.1, 0.15) is 0 Å². The molecule has 2 nitrogen and oxygen atoms in total. The van der Waals surface area contributed by atoms with Crippen LogP contribution in [0.2, 0.25) is 0 Å². The molecule has 1 heterocycles. The molecule has 0 aromatic heterocycles. The molecule has 1 aliphatic carbocycles. The Hall–Kier alpha value is -0.0800. The molecule has 0 radical (unpaired) electrons. The lowest BCUT2D eigenvalue weighted by molar-refractivity contribution is 0.144. The van der Waals surface area contributed by atoms with Gasteiger partial charge in [0, 0.05) is 12.1 Å². The predicted octanol–water partition coefficient (Wildman–Crippen LogP) is 4.20. The van der Waals surface area contributed by atoms with E-state index in [-0.39, 0.29) is 0 Å². The number of hydrogen-bond donors (Lipinski definition) is 1. The van der Waals surface area contributed by atoms with Crippen molar-refractivity contribution in [3.8, 4) is 0 Å². The average Bonchev–Trinajstić information content (AvgIpc) is 3.29. The summed E-state index contributed by atoms with van der Waals surface area (Å²) in [5.41, 5.74) is 0. The van der Waals surface area contributed by atoms with Crippen molar-refractivity contribution in [2.75, 3.05) is 19.6 Å². The first-order valence-corrected chi connectivity index (χ1v) is 9.27.